The monoisotopic (exact) mass is 530 g/mol. The quantitative estimate of drug-likeness (QED) is 0.388. The number of nitrogens with zero attached hydrogens (tertiary/aromatic N) is 1. The first-order chi connectivity index (χ1) is 18.3. The molecule has 5 rings (SSSR count). The molecule has 0 unspecified atom stereocenters. The Hall–Kier alpha value is -4.50. The second kappa shape index (κ2) is 10.1. The van der Waals surface area contributed by atoms with Crippen molar-refractivity contribution in [3.8, 4) is 5.75 Å². The van der Waals surface area contributed by atoms with Gasteiger partial charge in [-0.25, -0.2) is 12.8 Å². The van der Waals surface area contributed by atoms with Gasteiger partial charge in [-0.1, -0.05) is 36.4 Å². The van der Waals surface area contributed by atoms with Gasteiger partial charge in [-0.05, 0) is 65.7 Å². The number of ether oxygens (including phenoxy) is 1. The summed E-state index contributed by atoms with van der Waals surface area (Å²) in [7, 11) is -2.51. The second-order valence-corrected chi connectivity index (χ2v) is 10.6. The number of fused-ring (bicyclic) bond motifs is 2. The van der Waals surface area contributed by atoms with Crippen molar-refractivity contribution in [2.45, 2.75) is 22.9 Å². The summed E-state index contributed by atoms with van der Waals surface area (Å²) in [5.41, 5.74) is 1.73. The number of sulfone groups is 1. The zero-order chi connectivity index (χ0) is 26.9. The third-order valence-electron chi connectivity index (χ3n) is 6.32. The third-order valence-corrected chi connectivity index (χ3v) is 8.18. The molecule has 38 heavy (non-hydrogen) atoms. The highest BCUT2D eigenvalue weighted by atomic mass is 32.2. The number of hydrogen-bond acceptors (Lipinski definition) is 5. The minimum Gasteiger partial charge on any atom is -0.497 e. The minimum absolute atomic E-state index is 0.0209. The van der Waals surface area contributed by atoms with Crippen LogP contribution in [0.5, 0.6) is 5.75 Å². The Morgan fingerprint density at radius 3 is 2.29 bits per heavy atom. The average molecular weight is 531 g/mol. The van der Waals surface area contributed by atoms with Gasteiger partial charge < -0.3 is 15.0 Å². The number of rotatable bonds is 6. The summed E-state index contributed by atoms with van der Waals surface area (Å²) in [6, 6.07) is 23.0. The second-order valence-electron chi connectivity index (χ2n) is 8.73. The number of methoxy groups -OCH3 is 1. The Bertz CT molecular complexity index is 1630. The van der Waals surface area contributed by atoms with E-state index in [4.69, 9.17) is 4.74 Å². The van der Waals surface area contributed by atoms with Gasteiger partial charge in [-0.15, -0.1) is 0 Å². The van der Waals surface area contributed by atoms with Crippen LogP contribution in [0.4, 0.5) is 10.1 Å². The molecule has 0 spiro atoms. The Kier molecular flexibility index (Phi) is 6.69. The highest BCUT2D eigenvalue weighted by molar-refractivity contribution is 7.91. The highest BCUT2D eigenvalue weighted by Crippen LogP contribution is 2.38. The molecular weight excluding hydrogens is 507 g/mol. The summed E-state index contributed by atoms with van der Waals surface area (Å²) >= 11 is 0. The summed E-state index contributed by atoms with van der Waals surface area (Å²) in [4.78, 5) is 27.8. The molecule has 1 aliphatic rings. The summed E-state index contributed by atoms with van der Waals surface area (Å²) in [6.07, 6.45) is 0. The van der Waals surface area contributed by atoms with Crippen molar-refractivity contribution in [1.82, 2.24) is 5.32 Å². The lowest BCUT2D eigenvalue weighted by molar-refractivity contribution is 0.0947. The number of carbonyl (C=O) groups excluding carboxylic acids is 2. The molecule has 4 aromatic rings. The van der Waals surface area contributed by atoms with Crippen molar-refractivity contribution >= 4 is 27.3 Å². The molecule has 1 heterocycles. The maximum Gasteiger partial charge on any atom is 0.259 e. The number of hydrogen-bond donors (Lipinski definition) is 1. The molecular formula is C29H23FN2O5S. The molecule has 1 aliphatic heterocycles. The molecule has 2 amide bonds. The van der Waals surface area contributed by atoms with Crippen molar-refractivity contribution < 1.29 is 27.1 Å². The van der Waals surface area contributed by atoms with Crippen LogP contribution in [-0.4, -0.2) is 27.3 Å². The van der Waals surface area contributed by atoms with Crippen molar-refractivity contribution in [2.24, 2.45) is 0 Å². The van der Waals surface area contributed by atoms with E-state index in [1.165, 1.54) is 59.5 Å². The zero-order valence-corrected chi connectivity index (χ0v) is 21.2. The van der Waals surface area contributed by atoms with Gasteiger partial charge in [0, 0.05) is 12.1 Å². The predicted molar refractivity (Wildman–Crippen MR) is 139 cm³/mol. The molecule has 192 valence electrons. The van der Waals surface area contributed by atoms with E-state index in [0.717, 1.165) is 5.56 Å². The summed E-state index contributed by atoms with van der Waals surface area (Å²) in [6.45, 7) is 0.217. The van der Waals surface area contributed by atoms with E-state index in [2.05, 4.69) is 5.32 Å². The maximum atomic E-state index is 13.7. The Labute approximate surface area is 219 Å². The zero-order valence-electron chi connectivity index (χ0n) is 20.3. The van der Waals surface area contributed by atoms with Gasteiger partial charge in [0.1, 0.15) is 11.6 Å². The molecule has 0 saturated heterocycles. The van der Waals surface area contributed by atoms with Crippen LogP contribution in [0.3, 0.4) is 0 Å². The van der Waals surface area contributed by atoms with E-state index in [1.807, 2.05) is 12.1 Å². The van der Waals surface area contributed by atoms with Gasteiger partial charge in [-0.3, -0.25) is 9.59 Å². The molecule has 0 radical (unpaired) electrons. The fourth-order valence-electron chi connectivity index (χ4n) is 4.30. The Balaban J connectivity index is 1.54. The molecule has 4 aromatic carbocycles. The first kappa shape index (κ1) is 25.2. The van der Waals surface area contributed by atoms with E-state index in [9.17, 15) is 22.4 Å². The van der Waals surface area contributed by atoms with Gasteiger partial charge in [0.25, 0.3) is 11.8 Å². The molecule has 0 saturated carbocycles. The average Bonchev–Trinajstić information content (AvgIpc) is 3.01. The van der Waals surface area contributed by atoms with E-state index >= 15 is 0 Å². The first-order valence-electron chi connectivity index (χ1n) is 11.7. The van der Waals surface area contributed by atoms with Gasteiger partial charge in [-0.2, -0.15) is 0 Å². The fourth-order valence-corrected chi connectivity index (χ4v) is 5.94. The lowest BCUT2D eigenvalue weighted by atomic mass is 10.1. The fraction of sp³-hybridized carbons (Fsp3) is 0.103. The van der Waals surface area contributed by atoms with E-state index < -0.39 is 27.5 Å². The molecule has 0 aliphatic carbocycles. The third kappa shape index (κ3) is 4.76. The molecule has 1 N–H and O–H groups in total. The summed E-state index contributed by atoms with van der Waals surface area (Å²) < 4.78 is 45.9. The van der Waals surface area contributed by atoms with Crippen molar-refractivity contribution in [3.63, 3.8) is 0 Å². The molecule has 7 nitrogen and oxygen atoms in total. The highest BCUT2D eigenvalue weighted by Gasteiger charge is 2.36. The molecule has 0 bridgehead atoms. The maximum absolute atomic E-state index is 13.7. The standard InChI is InChI=1S/C29H23FN2O5S/c1-37-23-13-8-19(9-14-23)17-31-28(33)21-10-15-27-25(16-21)32(18-20-6-11-22(30)12-7-20)29(34)24-4-2-3-5-26(24)38(27,35)36/h2-16H,17-18H2,1H3,(H,31,33). The van der Waals surface area contributed by atoms with Crippen LogP contribution < -0.4 is 15.0 Å². The molecule has 9 heteroatoms. The van der Waals surface area contributed by atoms with E-state index in [-0.39, 0.29) is 39.7 Å². The van der Waals surface area contributed by atoms with Crippen LogP contribution in [0, 0.1) is 5.82 Å². The van der Waals surface area contributed by atoms with Gasteiger partial charge in [0.05, 0.1) is 34.7 Å². The summed E-state index contributed by atoms with van der Waals surface area (Å²) in [5.74, 6) is -0.709. The van der Waals surface area contributed by atoms with E-state index in [1.54, 1.807) is 31.4 Å². The minimum atomic E-state index is -4.07. The topological polar surface area (TPSA) is 92.8 Å². The number of anilines is 1. The number of benzene rings is 4. The van der Waals surface area contributed by atoms with Gasteiger partial charge in [0.2, 0.25) is 9.84 Å². The van der Waals surface area contributed by atoms with Crippen LogP contribution >= 0.6 is 0 Å². The van der Waals surface area contributed by atoms with E-state index in [0.29, 0.717) is 11.3 Å². The lowest BCUT2D eigenvalue weighted by Gasteiger charge is -2.23. The Morgan fingerprint density at radius 1 is 0.895 bits per heavy atom. The van der Waals surface area contributed by atoms with Crippen LogP contribution in [0.25, 0.3) is 0 Å². The molecule has 0 fully saturated rings. The SMILES string of the molecule is COc1ccc(CNC(=O)c2ccc3c(c2)N(Cc2ccc(F)cc2)C(=O)c2ccccc2S3(=O)=O)cc1. The van der Waals surface area contributed by atoms with Crippen LogP contribution in [0.2, 0.25) is 0 Å². The smallest absolute Gasteiger partial charge is 0.259 e. The van der Waals surface area contributed by atoms with Crippen molar-refractivity contribution in [3.05, 3.63) is 119 Å². The van der Waals surface area contributed by atoms with Crippen molar-refractivity contribution in [2.75, 3.05) is 12.0 Å². The number of halogens is 1. The largest absolute Gasteiger partial charge is 0.497 e. The van der Waals surface area contributed by atoms with Crippen LogP contribution in [-0.2, 0) is 22.9 Å². The summed E-state index contributed by atoms with van der Waals surface area (Å²) in [5, 5.41) is 2.82. The predicted octanol–water partition coefficient (Wildman–Crippen LogP) is 4.76. The number of amides is 2. The molecule has 0 aromatic heterocycles. The van der Waals surface area contributed by atoms with Gasteiger partial charge in [0.15, 0.2) is 0 Å². The normalized spacial score (nSPS) is 13.7. The van der Waals surface area contributed by atoms with Crippen molar-refractivity contribution in [1.29, 1.82) is 0 Å². The van der Waals surface area contributed by atoms with Gasteiger partial charge >= 0.3 is 0 Å². The number of carbonyl (C=O) groups is 2. The lowest BCUT2D eigenvalue weighted by Crippen LogP contribution is -2.31. The first-order valence-corrected chi connectivity index (χ1v) is 13.2. The van der Waals surface area contributed by atoms with Crippen LogP contribution in [0.1, 0.15) is 31.8 Å². The number of nitrogens with one attached hydrogen (secondary N) is 1. The molecule has 0 atom stereocenters. The Morgan fingerprint density at radius 2 is 1.58 bits per heavy atom. The van der Waals surface area contributed by atoms with Crippen LogP contribution in [0.15, 0.2) is 101 Å².